The van der Waals surface area contributed by atoms with Crippen molar-refractivity contribution in [2.24, 2.45) is 5.10 Å². The van der Waals surface area contributed by atoms with Crippen molar-refractivity contribution in [2.75, 3.05) is 7.11 Å². The number of hydrogen-bond donors (Lipinski definition) is 2. The Balaban J connectivity index is 1.39. The van der Waals surface area contributed by atoms with Gasteiger partial charge in [0.2, 0.25) is 0 Å². The molecule has 0 saturated carbocycles. The molecule has 150 valence electrons. The number of benzene rings is 3. The number of fused-ring (bicyclic) bond motifs is 1. The van der Waals surface area contributed by atoms with Crippen molar-refractivity contribution in [1.29, 1.82) is 0 Å². The van der Waals surface area contributed by atoms with Gasteiger partial charge >= 0.3 is 0 Å². The number of hydrogen-bond acceptors (Lipinski definition) is 5. The summed E-state index contributed by atoms with van der Waals surface area (Å²) in [5.41, 5.74) is 6.45. The van der Waals surface area contributed by atoms with Gasteiger partial charge in [-0.25, -0.2) is 10.4 Å². The molecule has 0 aliphatic carbocycles. The smallest absolute Gasteiger partial charge is 0.271 e. The Bertz CT molecular complexity index is 1190. The number of hydrazone groups is 1. The maximum absolute atomic E-state index is 12.3. The molecule has 0 unspecified atom stereocenters. The van der Waals surface area contributed by atoms with Crippen LogP contribution in [0.3, 0.4) is 0 Å². The Kier molecular flexibility index (Phi) is 5.70. The number of amides is 1. The molecule has 7 nitrogen and oxygen atoms in total. The second-order valence-corrected chi connectivity index (χ2v) is 6.52. The van der Waals surface area contributed by atoms with Gasteiger partial charge in [-0.1, -0.05) is 30.3 Å². The average Bonchev–Trinajstić information content (AvgIpc) is 3.26. The van der Waals surface area contributed by atoms with Crippen LogP contribution in [-0.4, -0.2) is 29.2 Å². The highest BCUT2D eigenvalue weighted by atomic mass is 16.5. The van der Waals surface area contributed by atoms with E-state index in [1.807, 2.05) is 42.5 Å². The lowest BCUT2D eigenvalue weighted by Gasteiger charge is -2.11. The lowest BCUT2D eigenvalue weighted by atomic mass is 10.2. The van der Waals surface area contributed by atoms with Gasteiger partial charge in [-0.2, -0.15) is 5.10 Å². The Morgan fingerprint density at radius 3 is 2.80 bits per heavy atom. The first-order valence-electron chi connectivity index (χ1n) is 9.34. The summed E-state index contributed by atoms with van der Waals surface area (Å²) in [4.78, 5) is 19.4. The summed E-state index contributed by atoms with van der Waals surface area (Å²) < 4.78 is 11.3. The van der Waals surface area contributed by atoms with E-state index < -0.39 is 0 Å². The normalized spacial score (nSPS) is 11.0. The van der Waals surface area contributed by atoms with Crippen molar-refractivity contribution in [3.8, 4) is 11.5 Å². The number of carbonyl (C=O) groups is 1. The molecule has 0 bridgehead atoms. The van der Waals surface area contributed by atoms with Gasteiger partial charge in [0.1, 0.15) is 6.61 Å². The minimum Gasteiger partial charge on any atom is -0.493 e. The lowest BCUT2D eigenvalue weighted by Crippen LogP contribution is -2.17. The highest BCUT2D eigenvalue weighted by molar-refractivity contribution is 5.97. The number of aromatic nitrogens is 2. The third kappa shape index (κ3) is 4.47. The number of methoxy groups -OCH3 is 1. The van der Waals surface area contributed by atoms with Crippen molar-refractivity contribution in [2.45, 2.75) is 6.61 Å². The molecule has 4 rings (SSSR count). The second-order valence-electron chi connectivity index (χ2n) is 6.52. The van der Waals surface area contributed by atoms with Gasteiger partial charge in [0, 0.05) is 5.56 Å². The predicted octanol–water partition coefficient (Wildman–Crippen LogP) is 3.91. The van der Waals surface area contributed by atoms with E-state index in [1.54, 1.807) is 43.9 Å². The van der Waals surface area contributed by atoms with Gasteiger partial charge in [-0.15, -0.1) is 0 Å². The molecular weight excluding hydrogens is 380 g/mol. The fraction of sp³-hybridized carbons (Fsp3) is 0.0870. The number of ether oxygens (including phenoxy) is 2. The summed E-state index contributed by atoms with van der Waals surface area (Å²) in [7, 11) is 1.58. The third-order valence-electron chi connectivity index (χ3n) is 4.49. The molecule has 0 radical (unpaired) electrons. The van der Waals surface area contributed by atoms with Crippen molar-refractivity contribution < 1.29 is 14.3 Å². The highest BCUT2D eigenvalue weighted by Crippen LogP contribution is 2.28. The first kappa shape index (κ1) is 19.2. The zero-order valence-electron chi connectivity index (χ0n) is 16.3. The SMILES string of the molecule is COc1cc(/C=N\NC(=O)c2ccc3nc[nH]c3c2)ccc1OCc1ccccc1. The van der Waals surface area contributed by atoms with Crippen LogP contribution in [0.15, 0.2) is 78.2 Å². The zero-order valence-corrected chi connectivity index (χ0v) is 16.3. The Morgan fingerprint density at radius 2 is 1.97 bits per heavy atom. The fourth-order valence-corrected chi connectivity index (χ4v) is 2.93. The fourth-order valence-electron chi connectivity index (χ4n) is 2.93. The molecular formula is C23H20N4O3. The van der Waals surface area contributed by atoms with Crippen LogP contribution in [0.4, 0.5) is 0 Å². The van der Waals surface area contributed by atoms with Crippen LogP contribution in [0.1, 0.15) is 21.5 Å². The van der Waals surface area contributed by atoms with Crippen molar-refractivity contribution in [3.05, 3.63) is 89.7 Å². The average molecular weight is 400 g/mol. The molecule has 2 N–H and O–H groups in total. The summed E-state index contributed by atoms with van der Waals surface area (Å²) in [5.74, 6) is 0.916. The van der Waals surface area contributed by atoms with Crippen LogP contribution in [-0.2, 0) is 6.61 Å². The van der Waals surface area contributed by atoms with Crippen molar-refractivity contribution >= 4 is 23.2 Å². The number of H-pyrrole nitrogens is 1. The molecule has 0 saturated heterocycles. The van der Waals surface area contributed by atoms with E-state index in [4.69, 9.17) is 9.47 Å². The molecule has 0 atom stereocenters. The molecule has 1 heterocycles. The third-order valence-corrected chi connectivity index (χ3v) is 4.49. The number of aromatic amines is 1. The van der Waals surface area contributed by atoms with E-state index >= 15 is 0 Å². The molecule has 0 aliphatic heterocycles. The van der Waals surface area contributed by atoms with E-state index in [-0.39, 0.29) is 5.91 Å². The van der Waals surface area contributed by atoms with Gasteiger partial charge in [0.15, 0.2) is 11.5 Å². The maximum Gasteiger partial charge on any atom is 0.271 e. The molecule has 0 fully saturated rings. The monoisotopic (exact) mass is 400 g/mol. The number of nitrogens with zero attached hydrogens (tertiary/aromatic N) is 2. The Morgan fingerprint density at radius 1 is 1.10 bits per heavy atom. The summed E-state index contributed by atoms with van der Waals surface area (Å²) in [6, 6.07) is 20.6. The van der Waals surface area contributed by atoms with Gasteiger partial charge in [0.25, 0.3) is 5.91 Å². The van der Waals surface area contributed by atoms with Gasteiger partial charge < -0.3 is 14.5 Å². The summed E-state index contributed by atoms with van der Waals surface area (Å²) in [6.45, 7) is 0.446. The zero-order chi connectivity index (χ0) is 20.8. The quantitative estimate of drug-likeness (QED) is 0.364. The number of rotatable bonds is 7. The highest BCUT2D eigenvalue weighted by Gasteiger charge is 2.08. The van der Waals surface area contributed by atoms with Crippen LogP contribution in [0.5, 0.6) is 11.5 Å². The summed E-state index contributed by atoms with van der Waals surface area (Å²) in [5, 5.41) is 4.04. The Hall–Kier alpha value is -4.13. The molecule has 0 aliphatic rings. The van der Waals surface area contributed by atoms with Gasteiger partial charge in [-0.05, 0) is 47.5 Å². The van der Waals surface area contributed by atoms with E-state index in [2.05, 4.69) is 20.5 Å². The Labute approximate surface area is 173 Å². The molecule has 30 heavy (non-hydrogen) atoms. The van der Waals surface area contributed by atoms with E-state index in [0.29, 0.717) is 23.7 Å². The topological polar surface area (TPSA) is 88.6 Å². The van der Waals surface area contributed by atoms with Gasteiger partial charge in [-0.3, -0.25) is 4.79 Å². The minimum absolute atomic E-state index is 0.308. The molecule has 1 aromatic heterocycles. The first-order chi connectivity index (χ1) is 14.7. The maximum atomic E-state index is 12.3. The van der Waals surface area contributed by atoms with Crippen LogP contribution in [0, 0.1) is 0 Å². The van der Waals surface area contributed by atoms with Gasteiger partial charge in [0.05, 0.1) is 30.7 Å². The number of nitrogens with one attached hydrogen (secondary N) is 2. The largest absolute Gasteiger partial charge is 0.493 e. The van der Waals surface area contributed by atoms with Crippen LogP contribution < -0.4 is 14.9 Å². The molecule has 0 spiro atoms. The molecule has 7 heteroatoms. The van der Waals surface area contributed by atoms with Crippen LogP contribution in [0.2, 0.25) is 0 Å². The minimum atomic E-state index is -0.308. The van der Waals surface area contributed by atoms with E-state index in [0.717, 1.165) is 22.2 Å². The molecule has 3 aromatic carbocycles. The summed E-state index contributed by atoms with van der Waals surface area (Å²) in [6.07, 6.45) is 3.14. The summed E-state index contributed by atoms with van der Waals surface area (Å²) >= 11 is 0. The standard InChI is InChI=1S/C23H20N4O3/c1-29-22-11-17(7-10-21(22)30-14-16-5-3-2-4-6-16)13-26-27-23(28)18-8-9-19-20(12-18)25-15-24-19/h2-13,15H,14H2,1H3,(H,24,25)(H,27,28)/b26-13-. The van der Waals surface area contributed by atoms with E-state index in [1.165, 1.54) is 0 Å². The molecule has 4 aromatic rings. The second kappa shape index (κ2) is 8.91. The first-order valence-corrected chi connectivity index (χ1v) is 9.34. The number of carbonyl (C=O) groups excluding carboxylic acids is 1. The van der Waals surface area contributed by atoms with E-state index in [9.17, 15) is 4.79 Å². The lowest BCUT2D eigenvalue weighted by molar-refractivity contribution is 0.0955. The predicted molar refractivity (Wildman–Crippen MR) is 115 cm³/mol. The van der Waals surface area contributed by atoms with Crippen molar-refractivity contribution in [3.63, 3.8) is 0 Å². The van der Waals surface area contributed by atoms with Crippen molar-refractivity contribution in [1.82, 2.24) is 15.4 Å². The van der Waals surface area contributed by atoms with Crippen LogP contribution >= 0.6 is 0 Å². The van der Waals surface area contributed by atoms with Crippen LogP contribution in [0.25, 0.3) is 11.0 Å². The molecule has 1 amide bonds. The number of imidazole rings is 1.